The maximum atomic E-state index is 11.8. The van der Waals surface area contributed by atoms with Gasteiger partial charge in [0.1, 0.15) is 11.2 Å². The first-order valence-corrected chi connectivity index (χ1v) is 8.18. The van der Waals surface area contributed by atoms with Gasteiger partial charge < -0.3 is 9.47 Å². The van der Waals surface area contributed by atoms with Crippen molar-refractivity contribution in [1.82, 2.24) is 0 Å². The smallest absolute Gasteiger partial charge is 0.330 e. The molecule has 4 heteroatoms. The first-order chi connectivity index (χ1) is 10.5. The van der Waals surface area contributed by atoms with Gasteiger partial charge in [0.05, 0.1) is 0 Å². The molecule has 120 valence electrons. The van der Waals surface area contributed by atoms with Gasteiger partial charge in [0.2, 0.25) is 0 Å². The van der Waals surface area contributed by atoms with Crippen LogP contribution in [0, 0.1) is 17.8 Å². The fraction of sp³-hybridized carbons (Fsp3) is 0.667. The number of hydrogen-bond donors (Lipinski definition) is 0. The molecule has 0 spiro atoms. The molecule has 4 aliphatic carbocycles. The molecule has 0 heterocycles. The largest absolute Gasteiger partial charge is 0.456 e. The van der Waals surface area contributed by atoms with E-state index in [0.717, 1.165) is 38.5 Å². The molecule has 4 bridgehead atoms. The van der Waals surface area contributed by atoms with Gasteiger partial charge in [-0.3, -0.25) is 0 Å². The van der Waals surface area contributed by atoms with Crippen LogP contribution in [0.4, 0.5) is 0 Å². The van der Waals surface area contributed by atoms with Gasteiger partial charge in [-0.1, -0.05) is 20.1 Å². The van der Waals surface area contributed by atoms with Crippen molar-refractivity contribution in [3.8, 4) is 0 Å². The van der Waals surface area contributed by atoms with E-state index in [1.54, 1.807) is 0 Å². The predicted octanol–water partition coefficient (Wildman–Crippen LogP) is 3.17. The van der Waals surface area contributed by atoms with Gasteiger partial charge in [0.15, 0.2) is 0 Å². The lowest BCUT2D eigenvalue weighted by Gasteiger charge is -2.63. The number of hydrogen-bond acceptors (Lipinski definition) is 4. The van der Waals surface area contributed by atoms with Crippen molar-refractivity contribution < 1.29 is 19.1 Å². The summed E-state index contributed by atoms with van der Waals surface area (Å²) >= 11 is 0. The number of carbonyl (C=O) groups excluding carboxylic acids is 2. The molecule has 0 aromatic heterocycles. The normalized spacial score (nSPS) is 41.8. The van der Waals surface area contributed by atoms with E-state index < -0.39 is 5.60 Å². The first-order valence-electron chi connectivity index (χ1n) is 8.18. The van der Waals surface area contributed by atoms with Crippen LogP contribution in [0.2, 0.25) is 0 Å². The Kier molecular flexibility index (Phi) is 3.66. The molecule has 4 aliphatic rings. The second-order valence-electron chi connectivity index (χ2n) is 7.09. The molecular formula is C18H24O4. The van der Waals surface area contributed by atoms with Gasteiger partial charge in [0, 0.05) is 24.0 Å². The van der Waals surface area contributed by atoms with E-state index in [4.69, 9.17) is 9.47 Å². The summed E-state index contributed by atoms with van der Waals surface area (Å²) in [5, 5.41) is 0. The van der Waals surface area contributed by atoms with Crippen LogP contribution in [-0.2, 0) is 19.1 Å². The summed E-state index contributed by atoms with van der Waals surface area (Å²) in [5.74, 6) is 0.423. The molecule has 4 nitrogen and oxygen atoms in total. The van der Waals surface area contributed by atoms with Gasteiger partial charge in [-0.05, 0) is 44.4 Å². The minimum atomic E-state index is -0.410. The van der Waals surface area contributed by atoms with E-state index in [2.05, 4.69) is 20.1 Å². The average Bonchev–Trinajstić information content (AvgIpc) is 2.49. The highest BCUT2D eigenvalue weighted by Gasteiger charge is 2.64. The van der Waals surface area contributed by atoms with Crippen LogP contribution >= 0.6 is 0 Å². The van der Waals surface area contributed by atoms with Crippen LogP contribution < -0.4 is 0 Å². The Morgan fingerprint density at radius 3 is 2.09 bits per heavy atom. The Morgan fingerprint density at radius 1 is 1.05 bits per heavy atom. The molecule has 4 saturated carbocycles. The Labute approximate surface area is 131 Å². The summed E-state index contributed by atoms with van der Waals surface area (Å²) in [5.41, 5.74) is -0.784. The molecule has 0 radical (unpaired) electrons. The molecule has 0 aromatic rings. The Balaban J connectivity index is 1.88. The number of carbonyl (C=O) groups is 2. The van der Waals surface area contributed by atoms with Gasteiger partial charge in [-0.2, -0.15) is 0 Å². The quantitative estimate of drug-likeness (QED) is 0.578. The van der Waals surface area contributed by atoms with E-state index >= 15 is 0 Å². The van der Waals surface area contributed by atoms with Crippen LogP contribution in [0.15, 0.2) is 25.3 Å². The van der Waals surface area contributed by atoms with Crippen LogP contribution in [0.25, 0.3) is 0 Å². The summed E-state index contributed by atoms with van der Waals surface area (Å²) < 4.78 is 11.6. The lowest BCUT2D eigenvalue weighted by molar-refractivity contribution is -0.246. The zero-order valence-corrected chi connectivity index (χ0v) is 13.2. The highest BCUT2D eigenvalue weighted by Crippen LogP contribution is 2.63. The molecule has 0 aliphatic heterocycles. The summed E-state index contributed by atoms with van der Waals surface area (Å²) in [7, 11) is 0. The third-order valence-corrected chi connectivity index (χ3v) is 6.01. The summed E-state index contributed by atoms with van der Waals surface area (Å²) in [6, 6.07) is 0. The van der Waals surface area contributed by atoms with Gasteiger partial charge in [0.25, 0.3) is 0 Å². The van der Waals surface area contributed by atoms with E-state index in [1.807, 2.05) is 0 Å². The van der Waals surface area contributed by atoms with Crippen molar-refractivity contribution >= 4 is 11.9 Å². The molecule has 0 aromatic carbocycles. The van der Waals surface area contributed by atoms with E-state index in [-0.39, 0.29) is 29.4 Å². The van der Waals surface area contributed by atoms with E-state index in [1.165, 1.54) is 12.2 Å². The fourth-order valence-corrected chi connectivity index (χ4v) is 5.41. The number of esters is 2. The second-order valence-corrected chi connectivity index (χ2v) is 7.09. The SMILES string of the molecule is C=CC(=O)OC12CC3CC(C1)C(CC)(OC(=O)C=C)C(C3)C2. The summed E-state index contributed by atoms with van der Waals surface area (Å²) in [6.45, 7) is 9.10. The van der Waals surface area contributed by atoms with Gasteiger partial charge in [-0.15, -0.1) is 0 Å². The van der Waals surface area contributed by atoms with E-state index in [0.29, 0.717) is 5.92 Å². The standard InChI is InChI=1S/C18H24O4/c1-4-15(19)21-17-9-12-7-13(10-17)18(6-3,14(8-12)11-17)22-16(20)5-2/h4-5,12-14H,1-2,6-11H2,3H3. The van der Waals surface area contributed by atoms with Gasteiger partial charge >= 0.3 is 11.9 Å². The van der Waals surface area contributed by atoms with Crippen molar-refractivity contribution in [2.75, 3.05) is 0 Å². The van der Waals surface area contributed by atoms with Gasteiger partial charge in [-0.25, -0.2) is 9.59 Å². The molecule has 2 atom stereocenters. The number of ether oxygens (including phenoxy) is 2. The molecule has 0 N–H and O–H groups in total. The lowest BCUT2D eigenvalue weighted by Crippen LogP contribution is -2.65. The summed E-state index contributed by atoms with van der Waals surface area (Å²) in [6.07, 6.45) is 7.92. The average molecular weight is 304 g/mol. The fourth-order valence-electron chi connectivity index (χ4n) is 5.41. The Morgan fingerprint density at radius 2 is 1.59 bits per heavy atom. The third kappa shape index (κ3) is 2.20. The van der Waals surface area contributed by atoms with Crippen LogP contribution in [-0.4, -0.2) is 23.1 Å². The molecular weight excluding hydrogens is 280 g/mol. The molecule has 4 rings (SSSR count). The van der Waals surface area contributed by atoms with Crippen LogP contribution in [0.1, 0.15) is 45.4 Å². The minimum absolute atomic E-state index is 0.269. The molecule has 2 unspecified atom stereocenters. The predicted molar refractivity (Wildman–Crippen MR) is 81.9 cm³/mol. The molecule has 0 saturated heterocycles. The third-order valence-electron chi connectivity index (χ3n) is 6.01. The minimum Gasteiger partial charge on any atom is -0.456 e. The first kappa shape index (κ1) is 15.3. The number of rotatable bonds is 5. The summed E-state index contributed by atoms with van der Waals surface area (Å²) in [4.78, 5) is 23.5. The topological polar surface area (TPSA) is 52.6 Å². The van der Waals surface area contributed by atoms with Crippen molar-refractivity contribution in [3.63, 3.8) is 0 Å². The van der Waals surface area contributed by atoms with Crippen molar-refractivity contribution in [2.45, 2.75) is 56.7 Å². The highest BCUT2D eigenvalue weighted by atomic mass is 16.6. The molecule has 22 heavy (non-hydrogen) atoms. The lowest BCUT2D eigenvalue weighted by atomic mass is 9.47. The van der Waals surface area contributed by atoms with Crippen LogP contribution in [0.5, 0.6) is 0 Å². The monoisotopic (exact) mass is 304 g/mol. The van der Waals surface area contributed by atoms with E-state index in [9.17, 15) is 9.59 Å². The van der Waals surface area contributed by atoms with Crippen molar-refractivity contribution in [1.29, 1.82) is 0 Å². The molecule has 0 amide bonds. The highest BCUT2D eigenvalue weighted by molar-refractivity contribution is 5.82. The maximum Gasteiger partial charge on any atom is 0.330 e. The van der Waals surface area contributed by atoms with Crippen LogP contribution in [0.3, 0.4) is 0 Å². The molecule has 4 fully saturated rings. The van der Waals surface area contributed by atoms with Crippen molar-refractivity contribution in [3.05, 3.63) is 25.3 Å². The second kappa shape index (κ2) is 5.25. The Hall–Kier alpha value is -1.58. The van der Waals surface area contributed by atoms with Crippen molar-refractivity contribution in [2.24, 2.45) is 17.8 Å². The Bertz CT molecular complexity index is 505. The zero-order chi connectivity index (χ0) is 16.0. The maximum absolute atomic E-state index is 11.8. The zero-order valence-electron chi connectivity index (χ0n) is 13.2.